The molecule has 0 N–H and O–H groups in total. The Morgan fingerprint density at radius 2 is 1.36 bits per heavy atom. The van der Waals surface area contributed by atoms with Gasteiger partial charge in [-0.3, -0.25) is 14.4 Å². The van der Waals surface area contributed by atoms with Gasteiger partial charge in [-0.25, -0.2) is 9.96 Å². The third-order valence-corrected chi connectivity index (χ3v) is 6.45. The third kappa shape index (κ3) is 3.15. The second-order valence-electron chi connectivity index (χ2n) is 8.28. The maximum atomic E-state index is 13.9. The van der Waals surface area contributed by atoms with Gasteiger partial charge in [-0.2, -0.15) is 0 Å². The van der Waals surface area contributed by atoms with Crippen molar-refractivity contribution >= 4 is 23.2 Å². The van der Waals surface area contributed by atoms with Gasteiger partial charge in [-0.05, 0) is 61.0 Å². The fourth-order valence-electron chi connectivity index (χ4n) is 4.69. The van der Waals surface area contributed by atoms with Crippen LogP contribution in [0.25, 0.3) is 0 Å². The number of rotatable bonds is 5. The van der Waals surface area contributed by atoms with Crippen LogP contribution >= 0.6 is 0 Å². The fourth-order valence-corrected chi connectivity index (χ4v) is 4.69. The molecule has 2 saturated heterocycles. The highest BCUT2D eigenvalue weighted by Gasteiger charge is 2.68. The van der Waals surface area contributed by atoms with Crippen LogP contribution in [-0.2, 0) is 14.4 Å². The lowest BCUT2D eigenvalue weighted by molar-refractivity contribution is -0.128. The van der Waals surface area contributed by atoms with Gasteiger partial charge in [0.2, 0.25) is 5.91 Å². The molecule has 0 bridgehead atoms. The number of hydroxylamine groups is 1. The topological polar surface area (TPSA) is 68.3 Å². The van der Waals surface area contributed by atoms with Gasteiger partial charge in [0.05, 0.1) is 31.6 Å². The Morgan fingerprint density at radius 1 is 0.788 bits per heavy atom. The van der Waals surface area contributed by atoms with Gasteiger partial charge in [0, 0.05) is 0 Å². The SMILES string of the molecule is COc1ccc(C2N(c3ccccc3)OC3C(=O)N(c4ccc(OC)cc4)C(=O)C32C)cc1. The Bertz CT molecular complexity index is 1180. The Morgan fingerprint density at radius 3 is 1.94 bits per heavy atom. The zero-order valence-electron chi connectivity index (χ0n) is 18.6. The maximum absolute atomic E-state index is 13.9. The van der Waals surface area contributed by atoms with Crippen LogP contribution in [0.5, 0.6) is 11.5 Å². The van der Waals surface area contributed by atoms with Crippen molar-refractivity contribution in [1.82, 2.24) is 0 Å². The van der Waals surface area contributed by atoms with E-state index in [1.54, 1.807) is 50.5 Å². The normalized spacial score (nSPS) is 24.2. The molecule has 2 fully saturated rings. The van der Waals surface area contributed by atoms with Crippen LogP contribution < -0.4 is 19.4 Å². The van der Waals surface area contributed by atoms with E-state index in [1.807, 2.05) is 54.6 Å². The van der Waals surface area contributed by atoms with Crippen molar-refractivity contribution in [3.05, 3.63) is 84.4 Å². The highest BCUT2D eigenvalue weighted by atomic mass is 16.7. The van der Waals surface area contributed by atoms with E-state index in [9.17, 15) is 9.59 Å². The molecule has 2 aliphatic rings. The van der Waals surface area contributed by atoms with Crippen molar-refractivity contribution in [3.8, 4) is 11.5 Å². The van der Waals surface area contributed by atoms with E-state index in [0.29, 0.717) is 17.2 Å². The predicted octanol–water partition coefficient (Wildman–Crippen LogP) is 4.15. The van der Waals surface area contributed by atoms with Gasteiger partial charge >= 0.3 is 0 Å². The summed E-state index contributed by atoms with van der Waals surface area (Å²) < 4.78 is 10.5. The number of carbonyl (C=O) groups excluding carboxylic acids is 2. The van der Waals surface area contributed by atoms with E-state index in [1.165, 1.54) is 4.90 Å². The summed E-state index contributed by atoms with van der Waals surface area (Å²) in [5, 5.41) is 1.69. The Labute approximate surface area is 192 Å². The number of carbonyl (C=O) groups is 2. The molecule has 0 aliphatic carbocycles. The largest absolute Gasteiger partial charge is 0.497 e. The molecule has 2 amide bonds. The molecule has 0 aromatic heterocycles. The smallest absolute Gasteiger partial charge is 0.266 e. The van der Waals surface area contributed by atoms with E-state index in [2.05, 4.69) is 0 Å². The van der Waals surface area contributed by atoms with Crippen LogP contribution in [0.15, 0.2) is 78.9 Å². The lowest BCUT2D eigenvalue weighted by atomic mass is 9.76. The summed E-state index contributed by atoms with van der Waals surface area (Å²) in [6, 6.07) is 23.3. The van der Waals surface area contributed by atoms with Crippen LogP contribution in [-0.4, -0.2) is 32.1 Å². The number of fused-ring (bicyclic) bond motifs is 1. The van der Waals surface area contributed by atoms with Crippen molar-refractivity contribution in [3.63, 3.8) is 0 Å². The van der Waals surface area contributed by atoms with E-state index >= 15 is 0 Å². The molecule has 5 rings (SSSR count). The molecule has 0 saturated carbocycles. The van der Waals surface area contributed by atoms with Gasteiger partial charge in [0.25, 0.3) is 5.91 Å². The van der Waals surface area contributed by atoms with Gasteiger partial charge < -0.3 is 9.47 Å². The highest BCUT2D eigenvalue weighted by Crippen LogP contribution is 2.55. The molecule has 168 valence electrons. The van der Waals surface area contributed by atoms with Crippen LogP contribution in [0.3, 0.4) is 0 Å². The number of nitrogens with zero attached hydrogens (tertiary/aromatic N) is 2. The first-order valence-corrected chi connectivity index (χ1v) is 10.7. The Balaban J connectivity index is 1.60. The standard InChI is InChI=1S/C26H24N2O5/c1-26-22(17-9-13-20(31-2)14-10-17)28(19-7-5-4-6-8-19)33-23(26)24(29)27(25(26)30)18-11-15-21(32-3)16-12-18/h4-16,22-23H,1-3H3. The maximum Gasteiger partial charge on any atom is 0.266 e. The molecule has 2 aliphatic heterocycles. The quantitative estimate of drug-likeness (QED) is 0.551. The second kappa shape index (κ2) is 7.94. The number of para-hydroxylation sites is 1. The van der Waals surface area contributed by atoms with E-state index in [4.69, 9.17) is 14.3 Å². The van der Waals surface area contributed by atoms with Crippen molar-refractivity contribution in [1.29, 1.82) is 0 Å². The Kier molecular flexibility index (Phi) is 5.06. The first kappa shape index (κ1) is 21.0. The molecule has 3 atom stereocenters. The van der Waals surface area contributed by atoms with Crippen LogP contribution in [0.1, 0.15) is 18.5 Å². The molecule has 33 heavy (non-hydrogen) atoms. The average Bonchev–Trinajstić information content (AvgIpc) is 3.28. The predicted molar refractivity (Wildman–Crippen MR) is 123 cm³/mol. The molecule has 7 heteroatoms. The summed E-state index contributed by atoms with van der Waals surface area (Å²) in [5.74, 6) is 0.665. The molecule has 3 aromatic carbocycles. The van der Waals surface area contributed by atoms with Gasteiger partial charge in [0.1, 0.15) is 16.9 Å². The van der Waals surface area contributed by atoms with E-state index < -0.39 is 17.6 Å². The number of hydrogen-bond donors (Lipinski definition) is 0. The molecule has 0 radical (unpaired) electrons. The second-order valence-corrected chi connectivity index (χ2v) is 8.28. The number of imide groups is 1. The number of amides is 2. The van der Waals surface area contributed by atoms with Gasteiger partial charge in [-0.1, -0.05) is 30.3 Å². The Hall–Kier alpha value is -3.84. The summed E-state index contributed by atoms with van der Waals surface area (Å²) >= 11 is 0. The summed E-state index contributed by atoms with van der Waals surface area (Å²) in [7, 11) is 3.17. The van der Waals surface area contributed by atoms with E-state index in [-0.39, 0.29) is 11.8 Å². The zero-order chi connectivity index (χ0) is 23.2. The number of anilines is 2. The molecule has 3 aromatic rings. The minimum Gasteiger partial charge on any atom is -0.497 e. The summed E-state index contributed by atoms with van der Waals surface area (Å²) in [5.41, 5.74) is 0.972. The minimum absolute atomic E-state index is 0.304. The molecule has 0 spiro atoms. The van der Waals surface area contributed by atoms with Crippen LogP contribution in [0.4, 0.5) is 11.4 Å². The third-order valence-electron chi connectivity index (χ3n) is 6.45. The van der Waals surface area contributed by atoms with Crippen molar-refractivity contribution in [2.75, 3.05) is 24.2 Å². The molecule has 7 nitrogen and oxygen atoms in total. The van der Waals surface area contributed by atoms with Gasteiger partial charge in [-0.15, -0.1) is 0 Å². The summed E-state index contributed by atoms with van der Waals surface area (Å²) in [6.07, 6.45) is -0.959. The molecule has 2 heterocycles. The lowest BCUT2D eigenvalue weighted by Gasteiger charge is -2.32. The van der Waals surface area contributed by atoms with E-state index in [0.717, 1.165) is 11.3 Å². The van der Waals surface area contributed by atoms with Crippen LogP contribution in [0, 0.1) is 5.41 Å². The van der Waals surface area contributed by atoms with Crippen molar-refractivity contribution < 1.29 is 23.9 Å². The molecule has 3 unspecified atom stereocenters. The van der Waals surface area contributed by atoms with Crippen molar-refractivity contribution in [2.24, 2.45) is 5.41 Å². The first-order chi connectivity index (χ1) is 16.0. The number of benzene rings is 3. The average molecular weight is 444 g/mol. The number of methoxy groups -OCH3 is 2. The zero-order valence-corrected chi connectivity index (χ0v) is 18.6. The summed E-state index contributed by atoms with van der Waals surface area (Å²) in [4.78, 5) is 34.9. The van der Waals surface area contributed by atoms with Crippen molar-refractivity contribution in [2.45, 2.75) is 19.1 Å². The molecular weight excluding hydrogens is 420 g/mol. The lowest BCUT2D eigenvalue weighted by Crippen LogP contribution is -2.41. The number of ether oxygens (including phenoxy) is 2. The van der Waals surface area contributed by atoms with Gasteiger partial charge in [0.15, 0.2) is 6.10 Å². The first-order valence-electron chi connectivity index (χ1n) is 10.7. The fraction of sp³-hybridized carbons (Fsp3) is 0.231. The molecular formula is C26H24N2O5. The summed E-state index contributed by atoms with van der Waals surface area (Å²) in [6.45, 7) is 1.80. The highest BCUT2D eigenvalue weighted by molar-refractivity contribution is 6.25. The minimum atomic E-state index is -1.14. The van der Waals surface area contributed by atoms with Crippen LogP contribution in [0.2, 0.25) is 0 Å². The monoisotopic (exact) mass is 444 g/mol. The number of hydrogen-bond acceptors (Lipinski definition) is 6.